The quantitative estimate of drug-likeness (QED) is 0.174. The second-order valence-corrected chi connectivity index (χ2v) is 17.6. The molecule has 0 unspecified atom stereocenters. The summed E-state index contributed by atoms with van der Waals surface area (Å²) in [5.74, 6) is 1.92. The molecular weight excluding hydrogens is 779 g/mol. The maximum absolute atomic E-state index is 6.56. The van der Waals surface area contributed by atoms with Crippen LogP contribution < -0.4 is 0 Å². The van der Waals surface area contributed by atoms with Crippen LogP contribution in [0.4, 0.5) is 0 Å². The molecule has 4 heteroatoms. The fourth-order valence-corrected chi connectivity index (χ4v) is 10.1. The molecule has 0 saturated heterocycles. The Bertz CT molecular complexity index is 3880. The van der Waals surface area contributed by atoms with E-state index in [-0.39, 0.29) is 5.41 Å². The summed E-state index contributed by atoms with van der Waals surface area (Å²) < 4.78 is 6.56. The number of hydrogen-bond donors (Lipinski definition) is 0. The fourth-order valence-electron chi connectivity index (χ4n) is 10.1. The lowest BCUT2D eigenvalue weighted by Gasteiger charge is -2.21. The zero-order valence-electron chi connectivity index (χ0n) is 35.3. The van der Waals surface area contributed by atoms with Crippen LogP contribution in [0.1, 0.15) is 25.0 Å². The number of aromatic nitrogens is 3. The fraction of sp³-hybridized carbons (Fsp3) is 0.0500. The van der Waals surface area contributed by atoms with Gasteiger partial charge in [0, 0.05) is 38.3 Å². The van der Waals surface area contributed by atoms with Crippen molar-refractivity contribution >= 4 is 54.3 Å². The summed E-state index contributed by atoms with van der Waals surface area (Å²) in [4.78, 5) is 15.8. The molecule has 1 aliphatic carbocycles. The minimum Gasteiger partial charge on any atom is -0.455 e. The van der Waals surface area contributed by atoms with Crippen LogP contribution in [0, 0.1) is 0 Å². The molecule has 0 atom stereocenters. The highest BCUT2D eigenvalue weighted by Gasteiger charge is 2.35. The largest absolute Gasteiger partial charge is 0.455 e. The number of benzene rings is 10. The first kappa shape index (κ1) is 36.4. The van der Waals surface area contributed by atoms with E-state index in [9.17, 15) is 0 Å². The first-order valence-corrected chi connectivity index (χ1v) is 21.9. The summed E-state index contributed by atoms with van der Waals surface area (Å²) >= 11 is 0. The van der Waals surface area contributed by atoms with Crippen molar-refractivity contribution in [3.8, 4) is 67.5 Å². The Hall–Kier alpha value is -8.21. The molecular formula is C60H39N3O. The van der Waals surface area contributed by atoms with E-state index in [1.165, 1.54) is 44.0 Å². The average molecular weight is 818 g/mol. The van der Waals surface area contributed by atoms with Crippen molar-refractivity contribution in [1.82, 2.24) is 15.0 Å². The molecule has 0 N–H and O–H groups in total. The van der Waals surface area contributed by atoms with E-state index in [0.717, 1.165) is 71.5 Å². The van der Waals surface area contributed by atoms with E-state index in [1.807, 2.05) is 0 Å². The van der Waals surface area contributed by atoms with Crippen LogP contribution in [0.2, 0.25) is 0 Å². The summed E-state index contributed by atoms with van der Waals surface area (Å²) in [6.07, 6.45) is 0. The minimum atomic E-state index is -0.157. The summed E-state index contributed by atoms with van der Waals surface area (Å²) in [7, 11) is 0. The minimum absolute atomic E-state index is 0.157. The van der Waals surface area contributed by atoms with Crippen LogP contribution >= 0.6 is 0 Å². The topological polar surface area (TPSA) is 51.8 Å². The normalized spacial score (nSPS) is 13.0. The Kier molecular flexibility index (Phi) is 7.92. The van der Waals surface area contributed by atoms with Crippen molar-refractivity contribution in [2.75, 3.05) is 0 Å². The van der Waals surface area contributed by atoms with Gasteiger partial charge in [0.05, 0.1) is 0 Å². The second-order valence-electron chi connectivity index (χ2n) is 17.6. The third-order valence-corrected chi connectivity index (χ3v) is 13.5. The van der Waals surface area contributed by atoms with Crippen molar-refractivity contribution in [2.24, 2.45) is 0 Å². The van der Waals surface area contributed by atoms with Crippen LogP contribution in [0.3, 0.4) is 0 Å². The molecule has 0 bridgehead atoms. The molecule has 1 aliphatic rings. The number of nitrogens with zero attached hydrogens (tertiary/aromatic N) is 3. The average Bonchev–Trinajstić information content (AvgIpc) is 3.84. The van der Waals surface area contributed by atoms with Gasteiger partial charge in [0.25, 0.3) is 0 Å². The van der Waals surface area contributed by atoms with Gasteiger partial charge in [-0.1, -0.05) is 178 Å². The summed E-state index contributed by atoms with van der Waals surface area (Å²) in [6.45, 7) is 4.62. The number of furan rings is 1. The van der Waals surface area contributed by atoms with E-state index < -0.39 is 0 Å². The van der Waals surface area contributed by atoms with Gasteiger partial charge in [-0.3, -0.25) is 0 Å². The second kappa shape index (κ2) is 13.9. The molecule has 0 radical (unpaired) electrons. The molecule has 300 valence electrons. The smallest absolute Gasteiger partial charge is 0.164 e. The van der Waals surface area contributed by atoms with Gasteiger partial charge in [-0.25, -0.2) is 15.0 Å². The number of hydrogen-bond acceptors (Lipinski definition) is 4. The molecule has 4 nitrogen and oxygen atoms in total. The molecule has 13 rings (SSSR count). The number of fused-ring (bicyclic) bond motifs is 10. The van der Waals surface area contributed by atoms with Gasteiger partial charge in [-0.15, -0.1) is 0 Å². The Morgan fingerprint density at radius 3 is 1.77 bits per heavy atom. The van der Waals surface area contributed by atoms with E-state index >= 15 is 0 Å². The zero-order valence-corrected chi connectivity index (χ0v) is 35.3. The third-order valence-electron chi connectivity index (χ3n) is 13.5. The Morgan fingerprint density at radius 2 is 0.891 bits per heavy atom. The highest BCUT2D eigenvalue weighted by atomic mass is 16.3. The van der Waals surface area contributed by atoms with Crippen LogP contribution in [0.25, 0.3) is 122 Å². The van der Waals surface area contributed by atoms with Gasteiger partial charge in [0.2, 0.25) is 0 Å². The summed E-state index contributed by atoms with van der Waals surface area (Å²) in [5.41, 5.74) is 14.2. The van der Waals surface area contributed by atoms with Crippen molar-refractivity contribution < 1.29 is 4.42 Å². The monoisotopic (exact) mass is 817 g/mol. The highest BCUT2D eigenvalue weighted by molar-refractivity contribution is 6.15. The Labute approximate surface area is 370 Å². The molecule has 2 aromatic heterocycles. The van der Waals surface area contributed by atoms with Gasteiger partial charge in [-0.05, 0) is 108 Å². The maximum Gasteiger partial charge on any atom is 0.164 e. The van der Waals surface area contributed by atoms with Crippen LogP contribution in [-0.4, -0.2) is 15.0 Å². The molecule has 12 aromatic rings. The van der Waals surface area contributed by atoms with Crippen molar-refractivity contribution in [1.29, 1.82) is 0 Å². The standard InChI is InChI=1S/C60H39N3O/c1-60(2)53-17-8-7-15-48(53)49-29-27-45(34-54(49)60)58-61-57(39-21-18-37(19-22-39)41-23-20-36-10-3-4-12-40(36)32-41)62-59(63-58)52-16-9-13-44-33-42(25-28-46(44)52)43-26-30-50-51-31-24-38-11-5-6-14-47(38)56(51)64-55(50)35-43/h3-35H,1-2H3. The first-order chi connectivity index (χ1) is 31.4. The van der Waals surface area contributed by atoms with Crippen molar-refractivity contribution in [3.05, 3.63) is 211 Å². The SMILES string of the molecule is CC1(C)c2ccccc2-c2ccc(-c3nc(-c4ccc(-c5ccc6ccccc6c5)cc4)nc(-c4cccc5cc(-c6ccc7c(c6)oc6c8ccccc8ccc76)ccc45)n3)cc21. The van der Waals surface area contributed by atoms with E-state index in [4.69, 9.17) is 19.4 Å². The van der Waals surface area contributed by atoms with Crippen LogP contribution in [0.5, 0.6) is 0 Å². The number of rotatable bonds is 5. The lowest BCUT2D eigenvalue weighted by atomic mass is 9.82. The summed E-state index contributed by atoms with van der Waals surface area (Å²) in [5, 5.41) is 9.18. The molecule has 0 spiro atoms. The summed E-state index contributed by atoms with van der Waals surface area (Å²) in [6, 6.07) is 71.5. The molecule has 0 amide bonds. The van der Waals surface area contributed by atoms with Crippen LogP contribution in [0.15, 0.2) is 205 Å². The lowest BCUT2D eigenvalue weighted by Crippen LogP contribution is -2.15. The van der Waals surface area contributed by atoms with Crippen molar-refractivity contribution in [2.45, 2.75) is 19.3 Å². The van der Waals surface area contributed by atoms with Gasteiger partial charge in [0.1, 0.15) is 11.2 Å². The van der Waals surface area contributed by atoms with E-state index in [1.54, 1.807) is 0 Å². The Morgan fingerprint density at radius 1 is 0.328 bits per heavy atom. The van der Waals surface area contributed by atoms with Gasteiger partial charge >= 0.3 is 0 Å². The molecule has 2 heterocycles. The van der Waals surface area contributed by atoms with Gasteiger partial charge in [-0.2, -0.15) is 0 Å². The van der Waals surface area contributed by atoms with E-state index in [2.05, 4.69) is 214 Å². The molecule has 0 aliphatic heterocycles. The first-order valence-electron chi connectivity index (χ1n) is 21.9. The zero-order chi connectivity index (χ0) is 42.5. The molecule has 10 aromatic carbocycles. The molecule has 0 saturated carbocycles. The highest BCUT2D eigenvalue weighted by Crippen LogP contribution is 2.49. The van der Waals surface area contributed by atoms with E-state index in [0.29, 0.717) is 17.5 Å². The van der Waals surface area contributed by atoms with Crippen LogP contribution in [-0.2, 0) is 5.41 Å². The predicted molar refractivity (Wildman–Crippen MR) is 264 cm³/mol. The Balaban J connectivity index is 0.924. The maximum atomic E-state index is 6.56. The third kappa shape index (κ3) is 5.73. The van der Waals surface area contributed by atoms with Crippen molar-refractivity contribution in [3.63, 3.8) is 0 Å². The van der Waals surface area contributed by atoms with Gasteiger partial charge in [0.15, 0.2) is 17.5 Å². The molecule has 64 heavy (non-hydrogen) atoms. The lowest BCUT2D eigenvalue weighted by molar-refractivity contribution is 0.660. The van der Waals surface area contributed by atoms with Gasteiger partial charge < -0.3 is 4.42 Å². The molecule has 0 fully saturated rings. The predicted octanol–water partition coefficient (Wildman–Crippen LogP) is 15.9.